The standard InChI is InChI=1S/C26H27N3O3S/c1-2-31-14-15-32-17-20-6-5-7-22(16-20)27-25(30)21-12-10-19(11-13-21)18-33-26-28-23-8-3-4-9-24(23)29-26/h3-13,16H,2,14-15,17-18H2,1H3,(H,27,30)(H,28,29). The van der Waals surface area contributed by atoms with Gasteiger partial charge in [0.05, 0.1) is 30.9 Å². The number of hydrogen-bond acceptors (Lipinski definition) is 5. The van der Waals surface area contributed by atoms with Crippen molar-refractivity contribution < 1.29 is 14.3 Å². The van der Waals surface area contributed by atoms with Crippen molar-refractivity contribution in [3.05, 3.63) is 89.5 Å². The summed E-state index contributed by atoms with van der Waals surface area (Å²) in [7, 11) is 0. The SMILES string of the molecule is CCOCCOCc1cccc(NC(=O)c2ccc(CSc3nc4ccccc4[nH]3)cc2)c1. The van der Waals surface area contributed by atoms with Crippen molar-refractivity contribution in [2.45, 2.75) is 24.4 Å². The van der Waals surface area contributed by atoms with E-state index in [1.807, 2.05) is 79.7 Å². The summed E-state index contributed by atoms with van der Waals surface area (Å²) in [5.41, 5.74) is 5.49. The van der Waals surface area contributed by atoms with Crippen LogP contribution in [0.15, 0.2) is 78.0 Å². The van der Waals surface area contributed by atoms with Gasteiger partial charge in [0, 0.05) is 23.6 Å². The number of aromatic amines is 1. The van der Waals surface area contributed by atoms with Gasteiger partial charge in [-0.2, -0.15) is 0 Å². The third-order valence-corrected chi connectivity index (χ3v) is 5.93. The monoisotopic (exact) mass is 461 g/mol. The van der Waals surface area contributed by atoms with Crippen LogP contribution in [0, 0.1) is 0 Å². The lowest BCUT2D eigenvalue weighted by Gasteiger charge is -2.09. The van der Waals surface area contributed by atoms with E-state index >= 15 is 0 Å². The van der Waals surface area contributed by atoms with Gasteiger partial charge in [0.25, 0.3) is 5.91 Å². The third kappa shape index (κ3) is 6.68. The first-order chi connectivity index (χ1) is 16.2. The van der Waals surface area contributed by atoms with Crippen molar-refractivity contribution in [2.24, 2.45) is 0 Å². The van der Waals surface area contributed by atoms with Crippen LogP contribution < -0.4 is 5.32 Å². The highest BCUT2D eigenvalue weighted by molar-refractivity contribution is 7.98. The summed E-state index contributed by atoms with van der Waals surface area (Å²) < 4.78 is 10.9. The number of H-pyrrole nitrogens is 1. The van der Waals surface area contributed by atoms with Crippen LogP contribution in [-0.4, -0.2) is 35.7 Å². The number of ether oxygens (including phenoxy) is 2. The Balaban J connectivity index is 1.28. The predicted octanol–water partition coefficient (Wildman–Crippen LogP) is 5.66. The predicted molar refractivity (Wildman–Crippen MR) is 133 cm³/mol. The summed E-state index contributed by atoms with van der Waals surface area (Å²) in [4.78, 5) is 20.6. The molecule has 4 aromatic rings. The summed E-state index contributed by atoms with van der Waals surface area (Å²) in [5, 5.41) is 3.85. The van der Waals surface area contributed by atoms with Crippen molar-refractivity contribution in [2.75, 3.05) is 25.1 Å². The lowest BCUT2D eigenvalue weighted by atomic mass is 10.1. The molecule has 1 aromatic heterocycles. The van der Waals surface area contributed by atoms with Gasteiger partial charge in [0.15, 0.2) is 5.16 Å². The van der Waals surface area contributed by atoms with Gasteiger partial charge in [-0.1, -0.05) is 48.2 Å². The average molecular weight is 462 g/mol. The molecular formula is C26H27N3O3S. The van der Waals surface area contributed by atoms with Crippen LogP contribution in [0.1, 0.15) is 28.4 Å². The number of fused-ring (bicyclic) bond motifs is 1. The highest BCUT2D eigenvalue weighted by Gasteiger charge is 2.08. The zero-order valence-electron chi connectivity index (χ0n) is 18.5. The number of imidazole rings is 1. The molecule has 0 saturated heterocycles. The number of anilines is 1. The van der Waals surface area contributed by atoms with Crippen LogP contribution in [0.25, 0.3) is 11.0 Å². The zero-order valence-corrected chi connectivity index (χ0v) is 19.4. The van der Waals surface area contributed by atoms with Gasteiger partial charge >= 0.3 is 0 Å². The second-order valence-corrected chi connectivity index (χ2v) is 8.41. The number of thioether (sulfide) groups is 1. The molecule has 0 aliphatic carbocycles. The van der Waals surface area contributed by atoms with E-state index in [1.54, 1.807) is 11.8 Å². The number of para-hydroxylation sites is 2. The molecule has 0 aliphatic heterocycles. The van der Waals surface area contributed by atoms with Crippen LogP contribution in [0.2, 0.25) is 0 Å². The Bertz CT molecular complexity index is 1160. The van der Waals surface area contributed by atoms with Crippen LogP contribution in [0.3, 0.4) is 0 Å². The third-order valence-electron chi connectivity index (χ3n) is 4.99. The van der Waals surface area contributed by atoms with Gasteiger partial charge in [-0.15, -0.1) is 0 Å². The first kappa shape index (κ1) is 23.0. The molecule has 6 nitrogen and oxygen atoms in total. The van der Waals surface area contributed by atoms with Crippen molar-refractivity contribution in [1.82, 2.24) is 9.97 Å². The Hall–Kier alpha value is -3.13. The summed E-state index contributed by atoms with van der Waals surface area (Å²) in [6.45, 7) is 4.26. The van der Waals surface area contributed by atoms with Gasteiger partial charge in [0.1, 0.15) is 0 Å². The summed E-state index contributed by atoms with van der Waals surface area (Å²) in [6, 6.07) is 23.3. The molecular weight excluding hydrogens is 434 g/mol. The molecule has 33 heavy (non-hydrogen) atoms. The smallest absolute Gasteiger partial charge is 0.255 e. The molecule has 0 aliphatic rings. The van der Waals surface area contributed by atoms with E-state index in [4.69, 9.17) is 9.47 Å². The lowest BCUT2D eigenvalue weighted by Crippen LogP contribution is -2.12. The molecule has 7 heteroatoms. The molecule has 170 valence electrons. The highest BCUT2D eigenvalue weighted by atomic mass is 32.2. The summed E-state index contributed by atoms with van der Waals surface area (Å²) in [6.07, 6.45) is 0. The number of hydrogen-bond donors (Lipinski definition) is 2. The largest absolute Gasteiger partial charge is 0.379 e. The van der Waals surface area contributed by atoms with Crippen molar-refractivity contribution >= 4 is 34.4 Å². The first-order valence-corrected chi connectivity index (χ1v) is 11.9. The Morgan fingerprint density at radius 1 is 0.970 bits per heavy atom. The maximum absolute atomic E-state index is 12.7. The molecule has 0 saturated carbocycles. The molecule has 2 N–H and O–H groups in total. The minimum Gasteiger partial charge on any atom is -0.379 e. The van der Waals surface area contributed by atoms with Gasteiger partial charge in [-0.25, -0.2) is 4.98 Å². The second-order valence-electron chi connectivity index (χ2n) is 7.45. The molecule has 0 radical (unpaired) electrons. The molecule has 0 bridgehead atoms. The van der Waals surface area contributed by atoms with E-state index in [-0.39, 0.29) is 5.91 Å². The maximum Gasteiger partial charge on any atom is 0.255 e. The topological polar surface area (TPSA) is 76.2 Å². The van der Waals surface area contributed by atoms with E-state index in [9.17, 15) is 4.79 Å². The molecule has 1 heterocycles. The van der Waals surface area contributed by atoms with Crippen LogP contribution in [-0.2, 0) is 21.8 Å². The van der Waals surface area contributed by atoms with Gasteiger partial charge in [-0.3, -0.25) is 4.79 Å². The van der Waals surface area contributed by atoms with Gasteiger partial charge < -0.3 is 19.8 Å². The Morgan fingerprint density at radius 2 is 1.79 bits per heavy atom. The van der Waals surface area contributed by atoms with E-state index in [0.717, 1.165) is 38.8 Å². The van der Waals surface area contributed by atoms with E-state index in [2.05, 4.69) is 15.3 Å². The molecule has 4 rings (SSSR count). The molecule has 0 spiro atoms. The minimum atomic E-state index is -0.138. The van der Waals surface area contributed by atoms with E-state index in [0.29, 0.717) is 32.0 Å². The van der Waals surface area contributed by atoms with Crippen molar-refractivity contribution in [1.29, 1.82) is 0 Å². The molecule has 3 aromatic carbocycles. The van der Waals surface area contributed by atoms with E-state index < -0.39 is 0 Å². The number of carbonyl (C=O) groups excluding carboxylic acids is 1. The average Bonchev–Trinajstić information content (AvgIpc) is 3.26. The number of rotatable bonds is 11. The van der Waals surface area contributed by atoms with Crippen molar-refractivity contribution in [3.8, 4) is 0 Å². The fraction of sp³-hybridized carbons (Fsp3) is 0.231. The Kier molecular flexibility index (Phi) is 8.14. The minimum absolute atomic E-state index is 0.138. The molecule has 0 unspecified atom stereocenters. The maximum atomic E-state index is 12.7. The summed E-state index contributed by atoms with van der Waals surface area (Å²) in [5.74, 6) is 0.633. The molecule has 0 atom stereocenters. The number of nitrogens with zero attached hydrogens (tertiary/aromatic N) is 1. The summed E-state index contributed by atoms with van der Waals surface area (Å²) >= 11 is 1.64. The Morgan fingerprint density at radius 3 is 2.61 bits per heavy atom. The lowest BCUT2D eigenvalue weighted by molar-refractivity contribution is 0.0453. The molecule has 1 amide bonds. The zero-order chi connectivity index (χ0) is 22.9. The van der Waals surface area contributed by atoms with Crippen LogP contribution in [0.5, 0.6) is 0 Å². The quantitative estimate of drug-likeness (QED) is 0.223. The number of aromatic nitrogens is 2. The Labute approximate surface area is 197 Å². The van der Waals surface area contributed by atoms with Crippen LogP contribution in [0.4, 0.5) is 5.69 Å². The van der Waals surface area contributed by atoms with Crippen molar-refractivity contribution in [3.63, 3.8) is 0 Å². The normalized spacial score (nSPS) is 11.1. The second kappa shape index (κ2) is 11.7. The van der Waals surface area contributed by atoms with Gasteiger partial charge in [0.2, 0.25) is 0 Å². The number of nitrogens with one attached hydrogen (secondary N) is 2. The van der Waals surface area contributed by atoms with Crippen LogP contribution >= 0.6 is 11.8 Å². The van der Waals surface area contributed by atoms with Gasteiger partial charge in [-0.05, 0) is 54.4 Å². The number of benzene rings is 3. The number of carbonyl (C=O) groups is 1. The fourth-order valence-electron chi connectivity index (χ4n) is 3.30. The first-order valence-electron chi connectivity index (χ1n) is 10.9. The number of amides is 1. The van der Waals surface area contributed by atoms with E-state index in [1.165, 1.54) is 0 Å². The fourth-order valence-corrected chi connectivity index (χ4v) is 4.14. The highest BCUT2D eigenvalue weighted by Crippen LogP contribution is 2.23. The molecule has 0 fully saturated rings.